The van der Waals surface area contributed by atoms with E-state index < -0.39 is 29.5 Å². The number of anilines is 1. The second-order valence-corrected chi connectivity index (χ2v) is 6.74. The lowest BCUT2D eigenvalue weighted by molar-refractivity contribution is -0.137. The van der Waals surface area contributed by atoms with Gasteiger partial charge in [0.15, 0.2) is 0 Å². The number of hydrogen-bond acceptors (Lipinski definition) is 4. The van der Waals surface area contributed by atoms with E-state index in [0.29, 0.717) is 5.56 Å². The third-order valence-corrected chi connectivity index (χ3v) is 4.61. The van der Waals surface area contributed by atoms with E-state index in [0.717, 1.165) is 12.1 Å². The Bertz CT molecular complexity index is 934. The molecule has 1 aromatic carbocycles. The van der Waals surface area contributed by atoms with E-state index in [2.05, 4.69) is 15.6 Å². The Morgan fingerprint density at radius 3 is 2.60 bits per heavy atom. The lowest BCUT2D eigenvalue weighted by Crippen LogP contribution is -2.38. The van der Waals surface area contributed by atoms with Crippen molar-refractivity contribution in [3.8, 4) is 0 Å². The summed E-state index contributed by atoms with van der Waals surface area (Å²) in [5.41, 5.74) is -0.360. The van der Waals surface area contributed by atoms with Gasteiger partial charge in [0.25, 0.3) is 5.91 Å². The van der Waals surface area contributed by atoms with Crippen molar-refractivity contribution in [1.82, 2.24) is 15.6 Å². The summed E-state index contributed by atoms with van der Waals surface area (Å²) in [6, 6.07) is 7.68. The van der Waals surface area contributed by atoms with Crippen molar-refractivity contribution in [2.45, 2.75) is 12.6 Å². The molecule has 0 saturated carbocycles. The highest BCUT2D eigenvalue weighted by atomic mass is 19.4. The zero-order valence-electron chi connectivity index (χ0n) is 15.8. The number of pyridine rings is 1. The molecule has 1 aromatic heterocycles. The number of amides is 3. The first kappa shape index (κ1) is 21.3. The minimum absolute atomic E-state index is 0.00593. The second kappa shape index (κ2) is 8.93. The highest BCUT2D eigenvalue weighted by Crippen LogP contribution is 2.33. The molecule has 1 fully saturated rings. The van der Waals surface area contributed by atoms with E-state index in [1.807, 2.05) is 0 Å². The highest BCUT2D eigenvalue weighted by Gasteiger charge is 2.36. The number of hydrogen-bond donors (Lipinski definition) is 2. The van der Waals surface area contributed by atoms with Gasteiger partial charge >= 0.3 is 6.18 Å². The average molecular weight is 420 g/mol. The molecule has 7 nitrogen and oxygen atoms in total. The minimum atomic E-state index is -4.52. The number of rotatable bonds is 6. The van der Waals surface area contributed by atoms with Gasteiger partial charge in [-0.2, -0.15) is 13.2 Å². The predicted molar refractivity (Wildman–Crippen MR) is 101 cm³/mol. The second-order valence-electron chi connectivity index (χ2n) is 6.74. The van der Waals surface area contributed by atoms with Gasteiger partial charge < -0.3 is 15.5 Å². The van der Waals surface area contributed by atoms with Crippen LogP contribution in [0.5, 0.6) is 0 Å². The van der Waals surface area contributed by atoms with Crippen LogP contribution in [0, 0.1) is 5.92 Å². The number of nitrogens with zero attached hydrogens (tertiary/aromatic N) is 2. The minimum Gasteiger partial charge on any atom is -0.354 e. The van der Waals surface area contributed by atoms with Crippen molar-refractivity contribution >= 4 is 23.4 Å². The molecule has 1 saturated heterocycles. The number of halogens is 3. The van der Waals surface area contributed by atoms with Gasteiger partial charge in [0.2, 0.25) is 11.8 Å². The average Bonchev–Trinajstić information content (AvgIpc) is 3.13. The van der Waals surface area contributed by atoms with Crippen molar-refractivity contribution in [2.75, 3.05) is 24.5 Å². The predicted octanol–water partition coefficient (Wildman–Crippen LogP) is 2.00. The molecule has 2 heterocycles. The molecular formula is C20H19F3N4O3. The quantitative estimate of drug-likeness (QED) is 0.700. The van der Waals surface area contributed by atoms with Crippen LogP contribution in [0.2, 0.25) is 0 Å². The molecule has 0 radical (unpaired) electrons. The standard InChI is InChI=1S/C20H19F3N4O3/c21-20(22,23)15-4-1-5-16(10-15)27-12-14(9-17(27)28)19(30)26-8-7-25-18(29)13-3-2-6-24-11-13/h1-6,10-11,14H,7-9,12H2,(H,25,29)(H,26,30)/t14-/m1/s1. The number of benzene rings is 1. The van der Waals surface area contributed by atoms with Crippen LogP contribution in [-0.2, 0) is 15.8 Å². The number of aromatic nitrogens is 1. The molecule has 0 spiro atoms. The molecule has 1 aliphatic rings. The Morgan fingerprint density at radius 1 is 1.13 bits per heavy atom. The largest absolute Gasteiger partial charge is 0.416 e. The molecule has 0 unspecified atom stereocenters. The van der Waals surface area contributed by atoms with Crippen molar-refractivity contribution < 1.29 is 27.6 Å². The summed E-state index contributed by atoms with van der Waals surface area (Å²) >= 11 is 0. The van der Waals surface area contributed by atoms with E-state index in [1.165, 1.54) is 23.2 Å². The first-order valence-corrected chi connectivity index (χ1v) is 9.19. The molecule has 158 valence electrons. The van der Waals surface area contributed by atoms with Crippen LogP contribution >= 0.6 is 0 Å². The van der Waals surface area contributed by atoms with Crippen molar-refractivity contribution in [3.05, 3.63) is 59.9 Å². The van der Waals surface area contributed by atoms with Gasteiger partial charge in [0.05, 0.1) is 17.0 Å². The molecule has 1 atom stereocenters. The molecule has 3 rings (SSSR count). The maximum atomic E-state index is 12.9. The van der Waals surface area contributed by atoms with E-state index in [9.17, 15) is 27.6 Å². The lowest BCUT2D eigenvalue weighted by atomic mass is 10.1. The SMILES string of the molecule is O=C(NCCNC(=O)[C@@H]1CC(=O)N(c2cccc(C(F)(F)F)c2)C1)c1cccnc1. The summed E-state index contributed by atoms with van der Waals surface area (Å²) < 4.78 is 38.7. The van der Waals surface area contributed by atoms with Gasteiger partial charge in [0, 0.05) is 44.1 Å². The normalized spacial score (nSPS) is 16.4. The van der Waals surface area contributed by atoms with Gasteiger partial charge in [-0.3, -0.25) is 19.4 Å². The van der Waals surface area contributed by atoms with Crippen molar-refractivity contribution in [3.63, 3.8) is 0 Å². The van der Waals surface area contributed by atoms with Crippen LogP contribution in [0.15, 0.2) is 48.8 Å². The molecule has 2 N–H and O–H groups in total. The first-order valence-electron chi connectivity index (χ1n) is 9.19. The summed E-state index contributed by atoms with van der Waals surface area (Å²) in [7, 11) is 0. The van der Waals surface area contributed by atoms with E-state index in [-0.39, 0.29) is 37.6 Å². The fourth-order valence-corrected chi connectivity index (χ4v) is 3.09. The summed E-state index contributed by atoms with van der Waals surface area (Å²) in [6.45, 7) is 0.324. The van der Waals surface area contributed by atoms with Gasteiger partial charge in [-0.05, 0) is 30.3 Å². The maximum absolute atomic E-state index is 12.9. The Morgan fingerprint density at radius 2 is 1.90 bits per heavy atom. The summed E-state index contributed by atoms with van der Waals surface area (Å²) in [5.74, 6) is -1.82. The topological polar surface area (TPSA) is 91.4 Å². The lowest BCUT2D eigenvalue weighted by Gasteiger charge is -2.18. The van der Waals surface area contributed by atoms with Crippen LogP contribution in [0.3, 0.4) is 0 Å². The molecule has 0 bridgehead atoms. The smallest absolute Gasteiger partial charge is 0.354 e. The molecule has 0 aliphatic carbocycles. The van der Waals surface area contributed by atoms with Crippen LogP contribution in [0.25, 0.3) is 0 Å². The van der Waals surface area contributed by atoms with E-state index >= 15 is 0 Å². The zero-order chi connectivity index (χ0) is 21.7. The Hall–Kier alpha value is -3.43. The monoisotopic (exact) mass is 420 g/mol. The number of carbonyl (C=O) groups is 3. The third kappa shape index (κ3) is 5.13. The molecular weight excluding hydrogens is 401 g/mol. The molecule has 1 aliphatic heterocycles. The van der Waals surface area contributed by atoms with E-state index in [4.69, 9.17) is 0 Å². The molecule has 2 aromatic rings. The van der Waals surface area contributed by atoms with Crippen LogP contribution < -0.4 is 15.5 Å². The van der Waals surface area contributed by atoms with Crippen LogP contribution in [0.1, 0.15) is 22.3 Å². The number of alkyl halides is 3. The fraction of sp³-hybridized carbons (Fsp3) is 0.300. The molecule has 30 heavy (non-hydrogen) atoms. The Labute approximate surface area is 170 Å². The van der Waals surface area contributed by atoms with Crippen LogP contribution in [-0.4, -0.2) is 42.3 Å². The molecule has 10 heteroatoms. The van der Waals surface area contributed by atoms with Gasteiger partial charge in [0.1, 0.15) is 0 Å². The first-order chi connectivity index (χ1) is 14.3. The number of carbonyl (C=O) groups excluding carboxylic acids is 3. The number of nitrogens with one attached hydrogen (secondary N) is 2. The van der Waals surface area contributed by atoms with Crippen molar-refractivity contribution in [2.24, 2.45) is 5.92 Å². The Kier molecular flexibility index (Phi) is 6.34. The zero-order valence-corrected chi connectivity index (χ0v) is 15.8. The Balaban J connectivity index is 1.50. The fourth-order valence-electron chi connectivity index (χ4n) is 3.09. The van der Waals surface area contributed by atoms with Crippen molar-refractivity contribution in [1.29, 1.82) is 0 Å². The summed E-state index contributed by atoms with van der Waals surface area (Å²) in [6.07, 6.45) is -1.65. The van der Waals surface area contributed by atoms with Gasteiger partial charge in [-0.25, -0.2) is 0 Å². The van der Waals surface area contributed by atoms with Crippen LogP contribution in [0.4, 0.5) is 18.9 Å². The maximum Gasteiger partial charge on any atom is 0.416 e. The van der Waals surface area contributed by atoms with Gasteiger partial charge in [-0.15, -0.1) is 0 Å². The summed E-state index contributed by atoms with van der Waals surface area (Å²) in [5, 5.41) is 5.26. The molecule has 3 amide bonds. The van der Waals surface area contributed by atoms with Gasteiger partial charge in [-0.1, -0.05) is 6.07 Å². The summed E-state index contributed by atoms with van der Waals surface area (Å²) in [4.78, 5) is 41.5. The van der Waals surface area contributed by atoms with E-state index in [1.54, 1.807) is 18.3 Å². The third-order valence-electron chi connectivity index (χ3n) is 4.61. The highest BCUT2D eigenvalue weighted by molar-refractivity contribution is 6.00.